The highest BCUT2D eigenvalue weighted by molar-refractivity contribution is 6.32. The lowest BCUT2D eigenvalue weighted by molar-refractivity contribution is 0.497. The number of aryl methyl sites for hydroxylation is 2. The predicted octanol–water partition coefficient (Wildman–Crippen LogP) is 1.58. The minimum absolute atomic E-state index is 0.437. The third kappa shape index (κ3) is 1.47. The van der Waals surface area contributed by atoms with E-state index >= 15 is 0 Å². The summed E-state index contributed by atoms with van der Waals surface area (Å²) >= 11 is 6.04. The van der Waals surface area contributed by atoms with Crippen molar-refractivity contribution in [1.29, 1.82) is 0 Å². The first kappa shape index (κ1) is 9.55. The molecule has 0 aromatic carbocycles. The molecule has 1 aromatic heterocycles. The summed E-state index contributed by atoms with van der Waals surface area (Å²) < 4.78 is 1.73. The summed E-state index contributed by atoms with van der Waals surface area (Å²) in [6.45, 7) is 5.70. The van der Waals surface area contributed by atoms with E-state index in [1.165, 1.54) is 0 Å². The summed E-state index contributed by atoms with van der Waals surface area (Å²) in [5.41, 5.74) is 7.19. The van der Waals surface area contributed by atoms with Crippen LogP contribution >= 0.6 is 11.6 Å². The van der Waals surface area contributed by atoms with Crippen molar-refractivity contribution in [1.82, 2.24) is 9.78 Å². The van der Waals surface area contributed by atoms with Gasteiger partial charge in [-0.25, -0.2) is 0 Å². The molecule has 0 aliphatic heterocycles. The number of nitrogens with zero attached hydrogens (tertiary/aromatic N) is 2. The van der Waals surface area contributed by atoms with Gasteiger partial charge in [0.05, 0.1) is 21.9 Å². The molecule has 2 N–H and O–H groups in total. The van der Waals surface area contributed by atoms with Crippen molar-refractivity contribution < 1.29 is 0 Å². The first-order chi connectivity index (χ1) is 5.34. The largest absolute Gasteiger partial charge is 0.321 e. The van der Waals surface area contributed by atoms with Crippen LogP contribution in [-0.2, 0) is 12.6 Å². The highest BCUT2D eigenvalue weighted by Gasteiger charge is 2.23. The van der Waals surface area contributed by atoms with Gasteiger partial charge in [0.2, 0.25) is 0 Å². The van der Waals surface area contributed by atoms with Crippen molar-refractivity contribution in [2.75, 3.05) is 0 Å². The predicted molar refractivity (Wildman–Crippen MR) is 50.2 cm³/mol. The average molecular weight is 188 g/mol. The summed E-state index contributed by atoms with van der Waals surface area (Å²) in [6, 6.07) is 0. The minimum Gasteiger partial charge on any atom is -0.321 e. The molecule has 0 atom stereocenters. The van der Waals surface area contributed by atoms with Gasteiger partial charge in [0.15, 0.2) is 0 Å². The van der Waals surface area contributed by atoms with Gasteiger partial charge in [-0.2, -0.15) is 5.10 Å². The number of hydrogen-bond donors (Lipinski definition) is 1. The van der Waals surface area contributed by atoms with Gasteiger partial charge in [-0.15, -0.1) is 0 Å². The number of halogens is 1. The van der Waals surface area contributed by atoms with Crippen molar-refractivity contribution in [3.63, 3.8) is 0 Å². The van der Waals surface area contributed by atoms with Crippen LogP contribution in [-0.4, -0.2) is 9.78 Å². The quantitative estimate of drug-likeness (QED) is 0.726. The van der Waals surface area contributed by atoms with Gasteiger partial charge in [-0.1, -0.05) is 11.6 Å². The third-order valence-electron chi connectivity index (χ3n) is 1.76. The van der Waals surface area contributed by atoms with Crippen molar-refractivity contribution >= 4 is 11.6 Å². The van der Waals surface area contributed by atoms with Crippen molar-refractivity contribution in [2.24, 2.45) is 12.8 Å². The Kier molecular flexibility index (Phi) is 2.19. The lowest BCUT2D eigenvalue weighted by Gasteiger charge is -2.19. The number of hydrogen-bond acceptors (Lipinski definition) is 2. The van der Waals surface area contributed by atoms with Crippen LogP contribution in [0.3, 0.4) is 0 Å². The van der Waals surface area contributed by atoms with Crippen LogP contribution < -0.4 is 5.73 Å². The maximum Gasteiger partial charge on any atom is 0.0865 e. The fourth-order valence-corrected chi connectivity index (χ4v) is 1.74. The van der Waals surface area contributed by atoms with Crippen molar-refractivity contribution in [2.45, 2.75) is 26.3 Å². The van der Waals surface area contributed by atoms with Gasteiger partial charge in [0.25, 0.3) is 0 Å². The normalized spacial score (nSPS) is 12.2. The van der Waals surface area contributed by atoms with E-state index in [0.717, 1.165) is 11.4 Å². The first-order valence-corrected chi connectivity index (χ1v) is 4.20. The molecule has 0 spiro atoms. The van der Waals surface area contributed by atoms with E-state index in [1.54, 1.807) is 4.68 Å². The molecule has 0 aliphatic carbocycles. The van der Waals surface area contributed by atoms with Crippen LogP contribution in [0.5, 0.6) is 0 Å². The zero-order chi connectivity index (χ0) is 9.52. The second kappa shape index (κ2) is 2.75. The minimum atomic E-state index is -0.437. The Morgan fingerprint density at radius 2 is 2.00 bits per heavy atom. The first-order valence-electron chi connectivity index (χ1n) is 3.82. The lowest BCUT2D eigenvalue weighted by Crippen LogP contribution is -2.31. The summed E-state index contributed by atoms with van der Waals surface area (Å²) in [7, 11) is 1.85. The zero-order valence-corrected chi connectivity index (χ0v) is 8.61. The van der Waals surface area contributed by atoms with Crippen LogP contribution in [0.4, 0.5) is 0 Å². The molecule has 0 bridgehead atoms. The summed E-state index contributed by atoms with van der Waals surface area (Å²) in [4.78, 5) is 0. The molecular weight excluding hydrogens is 174 g/mol. The maximum atomic E-state index is 6.04. The topological polar surface area (TPSA) is 43.8 Å². The van der Waals surface area contributed by atoms with Gasteiger partial charge in [0.1, 0.15) is 0 Å². The van der Waals surface area contributed by atoms with Crippen LogP contribution in [0.1, 0.15) is 25.2 Å². The highest BCUT2D eigenvalue weighted by atomic mass is 35.5. The van der Waals surface area contributed by atoms with Gasteiger partial charge < -0.3 is 5.73 Å². The van der Waals surface area contributed by atoms with E-state index in [1.807, 2.05) is 27.8 Å². The molecule has 0 radical (unpaired) electrons. The lowest BCUT2D eigenvalue weighted by atomic mass is 10.0. The Morgan fingerprint density at radius 1 is 1.50 bits per heavy atom. The van der Waals surface area contributed by atoms with Crippen LogP contribution in [0.2, 0.25) is 5.02 Å². The second-order valence-electron chi connectivity index (χ2n) is 3.59. The molecular formula is C8H14ClN3. The number of aromatic nitrogens is 2. The molecule has 0 saturated carbocycles. The summed E-state index contributed by atoms with van der Waals surface area (Å²) in [6.07, 6.45) is 0. The monoisotopic (exact) mass is 187 g/mol. The summed E-state index contributed by atoms with van der Waals surface area (Å²) in [5, 5.41) is 4.85. The smallest absolute Gasteiger partial charge is 0.0865 e. The Bertz CT molecular complexity index is 296. The Labute approximate surface area is 77.5 Å². The Morgan fingerprint density at radius 3 is 2.17 bits per heavy atom. The van der Waals surface area contributed by atoms with Crippen LogP contribution in [0.25, 0.3) is 0 Å². The van der Waals surface area contributed by atoms with E-state index in [4.69, 9.17) is 17.3 Å². The third-order valence-corrected chi connectivity index (χ3v) is 2.21. The van der Waals surface area contributed by atoms with Crippen LogP contribution in [0, 0.1) is 6.92 Å². The molecule has 12 heavy (non-hydrogen) atoms. The van der Waals surface area contributed by atoms with E-state index in [2.05, 4.69) is 5.10 Å². The fourth-order valence-electron chi connectivity index (χ4n) is 1.33. The van der Waals surface area contributed by atoms with Crippen LogP contribution in [0.15, 0.2) is 0 Å². The van der Waals surface area contributed by atoms with Crippen molar-refractivity contribution in [3.8, 4) is 0 Å². The molecule has 0 aliphatic rings. The molecule has 1 heterocycles. The molecule has 1 aromatic rings. The molecule has 0 unspecified atom stereocenters. The van der Waals surface area contributed by atoms with E-state index in [9.17, 15) is 0 Å². The van der Waals surface area contributed by atoms with Gasteiger partial charge in [-0.3, -0.25) is 4.68 Å². The molecule has 1 rings (SSSR count). The van der Waals surface area contributed by atoms with E-state index in [0.29, 0.717) is 5.02 Å². The molecule has 0 saturated heterocycles. The zero-order valence-electron chi connectivity index (χ0n) is 7.85. The Balaban J connectivity index is 3.32. The molecule has 3 nitrogen and oxygen atoms in total. The van der Waals surface area contributed by atoms with Gasteiger partial charge in [-0.05, 0) is 20.8 Å². The van der Waals surface area contributed by atoms with Gasteiger partial charge in [0, 0.05) is 7.05 Å². The fraction of sp³-hybridized carbons (Fsp3) is 0.625. The number of nitrogens with two attached hydrogens (primary N) is 1. The second-order valence-corrected chi connectivity index (χ2v) is 3.97. The molecule has 68 valence electrons. The SMILES string of the molecule is Cc1nn(C)c(C(C)(C)N)c1Cl. The molecule has 4 heteroatoms. The standard InChI is InChI=1S/C8H14ClN3/c1-5-6(9)7(8(2,3)10)12(4)11-5/h10H2,1-4H3. The molecule has 0 fully saturated rings. The Hall–Kier alpha value is -0.540. The van der Waals surface area contributed by atoms with Crippen molar-refractivity contribution in [3.05, 3.63) is 16.4 Å². The summed E-state index contributed by atoms with van der Waals surface area (Å²) in [5.74, 6) is 0. The van der Waals surface area contributed by atoms with E-state index in [-0.39, 0.29) is 0 Å². The van der Waals surface area contributed by atoms with E-state index < -0.39 is 5.54 Å². The maximum absolute atomic E-state index is 6.04. The number of rotatable bonds is 1. The van der Waals surface area contributed by atoms with Gasteiger partial charge >= 0.3 is 0 Å². The highest BCUT2D eigenvalue weighted by Crippen LogP contribution is 2.27. The molecule has 0 amide bonds. The average Bonchev–Trinajstić information content (AvgIpc) is 2.05.